The number of aryl methyl sites for hydroxylation is 1. The van der Waals surface area contributed by atoms with E-state index in [-0.39, 0.29) is 0 Å². The Morgan fingerprint density at radius 2 is 1.79 bits per heavy atom. The molecule has 0 amide bonds. The zero-order chi connectivity index (χ0) is 13.7. The Morgan fingerprint density at radius 1 is 1.11 bits per heavy atom. The highest BCUT2D eigenvalue weighted by atomic mass is 16.5. The first kappa shape index (κ1) is 14.3. The van der Waals surface area contributed by atoms with E-state index in [4.69, 9.17) is 4.74 Å². The molecule has 19 heavy (non-hydrogen) atoms. The molecule has 0 saturated carbocycles. The largest absolute Gasteiger partial charge is 0.378 e. The van der Waals surface area contributed by atoms with Crippen LogP contribution < -0.4 is 4.90 Å². The average molecular weight is 263 g/mol. The van der Waals surface area contributed by atoms with E-state index in [1.807, 2.05) is 20.0 Å². The third-order valence-electron chi connectivity index (χ3n) is 3.67. The monoisotopic (exact) mass is 263 g/mol. The maximum Gasteiger partial charge on any atom is 0.128 e. The van der Waals surface area contributed by atoms with Gasteiger partial charge < -0.3 is 9.64 Å². The van der Waals surface area contributed by atoms with E-state index in [1.54, 1.807) is 0 Å². The van der Waals surface area contributed by atoms with E-state index in [9.17, 15) is 0 Å². The first-order valence-electron chi connectivity index (χ1n) is 7.32. The summed E-state index contributed by atoms with van der Waals surface area (Å²) in [6.07, 6.45) is 1.95. The van der Waals surface area contributed by atoms with Crippen molar-refractivity contribution in [2.45, 2.75) is 26.8 Å². The zero-order valence-electron chi connectivity index (χ0n) is 12.3. The molecule has 0 radical (unpaired) electrons. The molecule has 2 fully saturated rings. The van der Waals surface area contributed by atoms with Gasteiger partial charge in [0.05, 0.1) is 19.3 Å². The minimum atomic E-state index is 0.670. The molecule has 1 aromatic heterocycles. The summed E-state index contributed by atoms with van der Waals surface area (Å²) in [7, 11) is 0. The van der Waals surface area contributed by atoms with E-state index in [2.05, 4.69) is 33.8 Å². The Balaban J connectivity index is 0.000000637. The number of pyridine rings is 1. The summed E-state index contributed by atoms with van der Waals surface area (Å²) in [6.45, 7) is 12.3. The summed E-state index contributed by atoms with van der Waals surface area (Å²) in [4.78, 5) is 9.40. The first-order valence-corrected chi connectivity index (χ1v) is 7.32. The molecule has 4 nitrogen and oxygen atoms in total. The predicted molar refractivity (Wildman–Crippen MR) is 78.7 cm³/mol. The van der Waals surface area contributed by atoms with Gasteiger partial charge in [0, 0.05) is 32.4 Å². The third-order valence-corrected chi connectivity index (χ3v) is 3.67. The second-order valence-corrected chi connectivity index (χ2v) is 4.91. The number of hydrogen-bond donors (Lipinski definition) is 0. The number of hydrogen-bond acceptors (Lipinski definition) is 4. The number of piperazine rings is 1. The van der Waals surface area contributed by atoms with E-state index in [0.29, 0.717) is 6.04 Å². The molecule has 0 spiro atoms. The number of rotatable bonds is 2. The van der Waals surface area contributed by atoms with Gasteiger partial charge in [-0.25, -0.2) is 4.98 Å². The summed E-state index contributed by atoms with van der Waals surface area (Å²) < 4.78 is 5.25. The van der Waals surface area contributed by atoms with E-state index in [0.717, 1.165) is 45.2 Å². The minimum Gasteiger partial charge on any atom is -0.378 e. The van der Waals surface area contributed by atoms with Gasteiger partial charge in [-0.2, -0.15) is 0 Å². The van der Waals surface area contributed by atoms with Crippen LogP contribution in [0.3, 0.4) is 0 Å². The van der Waals surface area contributed by atoms with Crippen LogP contribution in [0, 0.1) is 6.92 Å². The molecule has 106 valence electrons. The fourth-order valence-corrected chi connectivity index (χ4v) is 2.40. The van der Waals surface area contributed by atoms with Crippen molar-refractivity contribution in [1.82, 2.24) is 9.88 Å². The standard InChI is InChI=1S/C13H19N3O.C2H6/c1-11-2-3-13(14-8-11)16-6-4-15(5-7-16)12-9-17-10-12;1-2/h2-3,8,12H,4-7,9-10H2,1H3;1-2H3. The molecule has 3 heterocycles. The van der Waals surface area contributed by atoms with Crippen LogP contribution in [-0.2, 0) is 4.74 Å². The molecule has 0 aliphatic carbocycles. The molecular formula is C15H25N3O. The molecule has 2 saturated heterocycles. The molecule has 2 aliphatic heterocycles. The molecule has 0 atom stereocenters. The van der Waals surface area contributed by atoms with Crippen LogP contribution in [-0.4, -0.2) is 55.3 Å². The van der Waals surface area contributed by atoms with Gasteiger partial charge in [-0.15, -0.1) is 0 Å². The van der Waals surface area contributed by atoms with Gasteiger partial charge in [0.2, 0.25) is 0 Å². The average Bonchev–Trinajstić information content (AvgIpc) is 2.41. The van der Waals surface area contributed by atoms with Gasteiger partial charge in [-0.05, 0) is 18.6 Å². The van der Waals surface area contributed by atoms with Crippen molar-refractivity contribution in [3.63, 3.8) is 0 Å². The second-order valence-electron chi connectivity index (χ2n) is 4.91. The Bertz CT molecular complexity index is 367. The minimum absolute atomic E-state index is 0.670. The van der Waals surface area contributed by atoms with Crippen LogP contribution in [0.25, 0.3) is 0 Å². The number of anilines is 1. The van der Waals surface area contributed by atoms with Crippen LogP contribution in [0.1, 0.15) is 19.4 Å². The summed E-state index contributed by atoms with van der Waals surface area (Å²) in [5.74, 6) is 1.11. The van der Waals surface area contributed by atoms with Crippen LogP contribution in [0.2, 0.25) is 0 Å². The zero-order valence-corrected chi connectivity index (χ0v) is 12.3. The lowest BCUT2D eigenvalue weighted by Gasteiger charge is -2.42. The SMILES string of the molecule is CC.Cc1ccc(N2CCN(C3COC3)CC2)nc1. The van der Waals surface area contributed by atoms with Crippen molar-refractivity contribution in [3.8, 4) is 0 Å². The molecule has 2 aliphatic rings. The van der Waals surface area contributed by atoms with Crippen LogP contribution in [0.4, 0.5) is 5.82 Å². The van der Waals surface area contributed by atoms with Crippen molar-refractivity contribution in [2.75, 3.05) is 44.3 Å². The Morgan fingerprint density at radius 3 is 2.26 bits per heavy atom. The van der Waals surface area contributed by atoms with Gasteiger partial charge >= 0.3 is 0 Å². The number of aromatic nitrogens is 1. The van der Waals surface area contributed by atoms with E-state index in [1.165, 1.54) is 5.56 Å². The fourth-order valence-electron chi connectivity index (χ4n) is 2.40. The van der Waals surface area contributed by atoms with Crippen LogP contribution >= 0.6 is 0 Å². The van der Waals surface area contributed by atoms with Crippen LogP contribution in [0.15, 0.2) is 18.3 Å². The van der Waals surface area contributed by atoms with Crippen LogP contribution in [0.5, 0.6) is 0 Å². The summed E-state index contributed by atoms with van der Waals surface area (Å²) >= 11 is 0. The molecule has 4 heteroatoms. The highest BCUT2D eigenvalue weighted by Gasteiger charge is 2.28. The third kappa shape index (κ3) is 3.45. The summed E-state index contributed by atoms with van der Waals surface area (Å²) in [5, 5.41) is 0. The van der Waals surface area contributed by atoms with E-state index < -0.39 is 0 Å². The predicted octanol–water partition coefficient (Wildman–Crippen LogP) is 1.94. The van der Waals surface area contributed by atoms with Gasteiger partial charge in [0.1, 0.15) is 5.82 Å². The Kier molecular flexibility index (Phi) is 5.16. The van der Waals surface area contributed by atoms with Crippen molar-refractivity contribution in [3.05, 3.63) is 23.9 Å². The molecule has 0 N–H and O–H groups in total. The summed E-state index contributed by atoms with van der Waals surface area (Å²) in [6, 6.07) is 4.93. The number of nitrogens with zero attached hydrogens (tertiary/aromatic N) is 3. The van der Waals surface area contributed by atoms with E-state index >= 15 is 0 Å². The summed E-state index contributed by atoms with van der Waals surface area (Å²) in [5.41, 5.74) is 1.22. The lowest BCUT2D eigenvalue weighted by Crippen LogP contribution is -2.56. The second kappa shape index (κ2) is 6.87. The fraction of sp³-hybridized carbons (Fsp3) is 0.667. The normalized spacial score (nSPS) is 20.5. The lowest BCUT2D eigenvalue weighted by molar-refractivity contribution is -0.0661. The smallest absolute Gasteiger partial charge is 0.128 e. The molecule has 0 unspecified atom stereocenters. The molecular weight excluding hydrogens is 238 g/mol. The maximum atomic E-state index is 5.25. The van der Waals surface area contributed by atoms with Crippen molar-refractivity contribution in [2.24, 2.45) is 0 Å². The van der Waals surface area contributed by atoms with Crippen molar-refractivity contribution < 1.29 is 4.74 Å². The Labute approximate surface area is 116 Å². The van der Waals surface area contributed by atoms with Gasteiger partial charge in [0.25, 0.3) is 0 Å². The van der Waals surface area contributed by atoms with Gasteiger partial charge in [0.15, 0.2) is 0 Å². The van der Waals surface area contributed by atoms with Gasteiger partial charge in [-0.1, -0.05) is 19.9 Å². The topological polar surface area (TPSA) is 28.6 Å². The highest BCUT2D eigenvalue weighted by Crippen LogP contribution is 2.17. The molecule has 3 rings (SSSR count). The Hall–Kier alpha value is -1.13. The van der Waals surface area contributed by atoms with Gasteiger partial charge in [-0.3, -0.25) is 4.90 Å². The lowest BCUT2D eigenvalue weighted by atomic mass is 10.2. The molecule has 1 aromatic rings. The quantitative estimate of drug-likeness (QED) is 0.815. The highest BCUT2D eigenvalue weighted by molar-refractivity contribution is 5.39. The van der Waals surface area contributed by atoms with Crippen molar-refractivity contribution >= 4 is 5.82 Å². The first-order chi connectivity index (χ1) is 9.33. The van der Waals surface area contributed by atoms with Crippen molar-refractivity contribution in [1.29, 1.82) is 0 Å². The maximum absolute atomic E-state index is 5.25. The molecule has 0 bridgehead atoms. The molecule has 0 aromatic carbocycles. The number of ether oxygens (including phenoxy) is 1.